The SMILES string of the molecule is CN1CCN(c2ncnc3oc(-c4ccc(NCc5ccccc5)cc4)c(-c4ccccc4)c23)CC1. The van der Waals surface area contributed by atoms with Gasteiger partial charge in [-0.1, -0.05) is 60.7 Å². The number of benzene rings is 3. The molecule has 1 aliphatic rings. The van der Waals surface area contributed by atoms with Crippen molar-refractivity contribution in [3.8, 4) is 22.5 Å². The van der Waals surface area contributed by atoms with Crippen LogP contribution in [0.4, 0.5) is 11.5 Å². The van der Waals surface area contributed by atoms with Crippen molar-refractivity contribution in [1.29, 1.82) is 0 Å². The molecule has 0 bridgehead atoms. The van der Waals surface area contributed by atoms with Gasteiger partial charge in [0.25, 0.3) is 0 Å². The van der Waals surface area contributed by atoms with Crippen molar-refractivity contribution in [3.63, 3.8) is 0 Å². The van der Waals surface area contributed by atoms with Gasteiger partial charge in [-0.3, -0.25) is 0 Å². The summed E-state index contributed by atoms with van der Waals surface area (Å²) in [6.45, 7) is 4.66. The molecule has 5 aromatic rings. The molecule has 0 saturated carbocycles. The Balaban J connectivity index is 1.40. The molecule has 1 fully saturated rings. The third-order valence-electron chi connectivity index (χ3n) is 6.82. The Labute approximate surface area is 211 Å². The first kappa shape index (κ1) is 22.3. The fourth-order valence-electron chi connectivity index (χ4n) is 4.80. The Morgan fingerprint density at radius 1 is 0.778 bits per heavy atom. The quantitative estimate of drug-likeness (QED) is 0.329. The van der Waals surface area contributed by atoms with E-state index < -0.39 is 0 Å². The van der Waals surface area contributed by atoms with Gasteiger partial charge >= 0.3 is 0 Å². The van der Waals surface area contributed by atoms with Crippen LogP contribution in [0, 0.1) is 0 Å². The lowest BCUT2D eigenvalue weighted by molar-refractivity contribution is 0.312. The van der Waals surface area contributed by atoms with E-state index in [0.717, 1.165) is 72.1 Å². The van der Waals surface area contributed by atoms with Gasteiger partial charge in [0.2, 0.25) is 5.71 Å². The topological polar surface area (TPSA) is 57.4 Å². The van der Waals surface area contributed by atoms with Crippen molar-refractivity contribution >= 4 is 22.6 Å². The van der Waals surface area contributed by atoms with Crippen molar-refractivity contribution in [3.05, 3.63) is 96.8 Å². The van der Waals surface area contributed by atoms with E-state index in [2.05, 4.69) is 99.9 Å². The minimum Gasteiger partial charge on any atom is -0.437 e. The maximum Gasteiger partial charge on any atom is 0.232 e. The summed E-state index contributed by atoms with van der Waals surface area (Å²) >= 11 is 0. The largest absolute Gasteiger partial charge is 0.437 e. The first-order valence-corrected chi connectivity index (χ1v) is 12.4. The van der Waals surface area contributed by atoms with Crippen LogP contribution in [0.25, 0.3) is 33.6 Å². The number of anilines is 2. The van der Waals surface area contributed by atoms with Crippen LogP contribution < -0.4 is 10.2 Å². The number of likely N-dealkylation sites (N-methyl/N-ethyl adjacent to an activating group) is 1. The Morgan fingerprint density at radius 2 is 1.47 bits per heavy atom. The van der Waals surface area contributed by atoms with E-state index in [0.29, 0.717) is 5.71 Å². The molecule has 6 rings (SSSR count). The molecule has 6 nitrogen and oxygen atoms in total. The van der Waals surface area contributed by atoms with Gasteiger partial charge in [0.05, 0.1) is 5.39 Å². The molecule has 1 N–H and O–H groups in total. The van der Waals surface area contributed by atoms with Gasteiger partial charge in [0.1, 0.15) is 17.9 Å². The smallest absolute Gasteiger partial charge is 0.232 e. The highest BCUT2D eigenvalue weighted by Gasteiger charge is 2.25. The third-order valence-corrected chi connectivity index (χ3v) is 6.82. The molecule has 0 atom stereocenters. The van der Waals surface area contributed by atoms with Crippen molar-refractivity contribution in [2.45, 2.75) is 6.54 Å². The summed E-state index contributed by atoms with van der Waals surface area (Å²) < 4.78 is 6.45. The monoisotopic (exact) mass is 475 g/mol. The van der Waals surface area contributed by atoms with Gasteiger partial charge in [-0.25, -0.2) is 9.97 Å². The zero-order valence-corrected chi connectivity index (χ0v) is 20.4. The van der Waals surface area contributed by atoms with Crippen LogP contribution in [0.2, 0.25) is 0 Å². The molecule has 0 radical (unpaired) electrons. The van der Waals surface area contributed by atoms with Crippen LogP contribution in [0.15, 0.2) is 95.7 Å². The number of fused-ring (bicyclic) bond motifs is 1. The van der Waals surface area contributed by atoms with E-state index in [1.807, 2.05) is 12.1 Å². The van der Waals surface area contributed by atoms with Crippen LogP contribution in [0.3, 0.4) is 0 Å². The number of aromatic nitrogens is 2. The van der Waals surface area contributed by atoms with Gasteiger partial charge in [0, 0.05) is 49.5 Å². The van der Waals surface area contributed by atoms with Gasteiger partial charge < -0.3 is 19.5 Å². The maximum absolute atomic E-state index is 6.45. The number of furan rings is 1. The van der Waals surface area contributed by atoms with Crippen LogP contribution in [0.1, 0.15) is 5.56 Å². The van der Waals surface area contributed by atoms with Gasteiger partial charge in [-0.15, -0.1) is 0 Å². The van der Waals surface area contributed by atoms with Crippen molar-refractivity contribution in [1.82, 2.24) is 14.9 Å². The van der Waals surface area contributed by atoms with Gasteiger partial charge in [-0.05, 0) is 42.4 Å². The Hall–Kier alpha value is -4.16. The van der Waals surface area contributed by atoms with Crippen molar-refractivity contribution in [2.24, 2.45) is 0 Å². The Bertz CT molecular complexity index is 1440. The summed E-state index contributed by atoms with van der Waals surface area (Å²) in [7, 11) is 2.16. The lowest BCUT2D eigenvalue weighted by atomic mass is 9.99. The normalized spacial score (nSPS) is 14.3. The summed E-state index contributed by atoms with van der Waals surface area (Å²) in [5.74, 6) is 1.77. The van der Waals surface area contributed by atoms with E-state index in [1.54, 1.807) is 6.33 Å². The van der Waals surface area contributed by atoms with Gasteiger partial charge in [-0.2, -0.15) is 0 Å². The summed E-state index contributed by atoms with van der Waals surface area (Å²) in [6, 6.07) is 29.3. The molecule has 3 heterocycles. The molecule has 6 heteroatoms. The number of rotatable bonds is 6. The predicted molar refractivity (Wildman–Crippen MR) is 146 cm³/mol. The summed E-state index contributed by atoms with van der Waals surface area (Å²) in [5.41, 5.74) is 6.10. The second-order valence-electron chi connectivity index (χ2n) is 9.26. The Morgan fingerprint density at radius 3 is 2.19 bits per heavy atom. The zero-order valence-electron chi connectivity index (χ0n) is 20.4. The maximum atomic E-state index is 6.45. The van der Waals surface area contributed by atoms with Crippen molar-refractivity contribution < 1.29 is 4.42 Å². The molecular formula is C30H29N5O. The second kappa shape index (κ2) is 9.84. The third kappa shape index (κ3) is 4.43. The summed E-state index contributed by atoms with van der Waals surface area (Å²) in [5, 5.41) is 4.49. The molecule has 2 aromatic heterocycles. The highest BCUT2D eigenvalue weighted by molar-refractivity contribution is 6.06. The highest BCUT2D eigenvalue weighted by Crippen LogP contribution is 2.43. The molecule has 180 valence electrons. The molecule has 0 aliphatic carbocycles. The van der Waals surface area contributed by atoms with Crippen LogP contribution >= 0.6 is 0 Å². The molecular weight excluding hydrogens is 446 g/mol. The molecule has 0 spiro atoms. The minimum atomic E-state index is 0.624. The minimum absolute atomic E-state index is 0.624. The number of nitrogens with zero attached hydrogens (tertiary/aromatic N) is 4. The molecule has 1 saturated heterocycles. The van der Waals surface area contributed by atoms with Crippen LogP contribution in [-0.4, -0.2) is 48.1 Å². The van der Waals surface area contributed by atoms with Crippen molar-refractivity contribution in [2.75, 3.05) is 43.4 Å². The number of nitrogens with one attached hydrogen (secondary N) is 1. The molecule has 1 aliphatic heterocycles. The van der Waals surface area contributed by atoms with Gasteiger partial charge in [0.15, 0.2) is 0 Å². The first-order chi connectivity index (χ1) is 17.8. The molecule has 0 amide bonds. The van der Waals surface area contributed by atoms with E-state index in [9.17, 15) is 0 Å². The summed E-state index contributed by atoms with van der Waals surface area (Å²) in [4.78, 5) is 14.0. The number of piperazine rings is 1. The Kier molecular flexibility index (Phi) is 6.10. The molecule has 3 aromatic carbocycles. The fraction of sp³-hybridized carbons (Fsp3) is 0.200. The predicted octanol–water partition coefficient (Wildman–Crippen LogP) is 5.92. The standard InChI is InChI=1S/C30H29N5O/c1-34-16-18-35(19-17-34)29-27-26(23-10-6-3-7-11-23)28(36-30(27)33-21-32-29)24-12-14-25(15-13-24)31-20-22-8-4-2-5-9-22/h2-15,21,31H,16-20H2,1H3. The second-order valence-corrected chi connectivity index (χ2v) is 9.26. The van der Waals surface area contributed by atoms with Crippen LogP contribution in [-0.2, 0) is 6.54 Å². The summed E-state index contributed by atoms with van der Waals surface area (Å²) in [6.07, 6.45) is 1.62. The first-order valence-electron chi connectivity index (χ1n) is 12.4. The average molecular weight is 476 g/mol. The lowest BCUT2D eigenvalue weighted by Crippen LogP contribution is -2.44. The lowest BCUT2D eigenvalue weighted by Gasteiger charge is -2.33. The average Bonchev–Trinajstić information content (AvgIpc) is 3.34. The molecule has 0 unspecified atom stereocenters. The molecule has 36 heavy (non-hydrogen) atoms. The highest BCUT2D eigenvalue weighted by atomic mass is 16.3. The van der Waals surface area contributed by atoms with E-state index in [4.69, 9.17) is 9.40 Å². The van der Waals surface area contributed by atoms with Crippen LogP contribution in [0.5, 0.6) is 0 Å². The van der Waals surface area contributed by atoms with E-state index >= 15 is 0 Å². The fourth-order valence-corrected chi connectivity index (χ4v) is 4.80. The van der Waals surface area contributed by atoms with E-state index in [1.165, 1.54) is 5.56 Å². The number of hydrogen-bond acceptors (Lipinski definition) is 6. The zero-order chi connectivity index (χ0) is 24.3. The number of hydrogen-bond donors (Lipinski definition) is 1. The van der Waals surface area contributed by atoms with E-state index in [-0.39, 0.29) is 0 Å².